The highest BCUT2D eigenvalue weighted by Gasteiger charge is 2.24. The summed E-state index contributed by atoms with van der Waals surface area (Å²) in [6, 6.07) is 5.67. The summed E-state index contributed by atoms with van der Waals surface area (Å²) in [6.45, 7) is 1.50. The summed E-state index contributed by atoms with van der Waals surface area (Å²) >= 11 is 0. The number of amides is 1. The summed E-state index contributed by atoms with van der Waals surface area (Å²) in [4.78, 5) is 17.2. The van der Waals surface area contributed by atoms with Gasteiger partial charge in [-0.05, 0) is 31.0 Å². The number of hydrogen-bond acceptors (Lipinski definition) is 5. The first kappa shape index (κ1) is 15.4. The fraction of sp³-hybridized carbons (Fsp3) is 0.412. The Kier molecular flexibility index (Phi) is 4.50. The van der Waals surface area contributed by atoms with Crippen molar-refractivity contribution >= 4 is 6.41 Å². The topological polar surface area (TPSA) is 64.8 Å². The third-order valence-corrected chi connectivity index (χ3v) is 4.23. The van der Waals surface area contributed by atoms with E-state index in [-0.39, 0.29) is 5.92 Å². The van der Waals surface area contributed by atoms with Gasteiger partial charge < -0.3 is 18.8 Å². The fourth-order valence-corrected chi connectivity index (χ4v) is 2.86. The van der Waals surface area contributed by atoms with Crippen molar-refractivity contribution in [3.63, 3.8) is 0 Å². The molecule has 1 aromatic carbocycles. The first-order valence-corrected chi connectivity index (χ1v) is 7.62. The number of methoxy groups -OCH3 is 2. The molecule has 0 unspecified atom stereocenters. The van der Waals surface area contributed by atoms with Crippen LogP contribution in [0.25, 0.3) is 11.3 Å². The van der Waals surface area contributed by atoms with Crippen molar-refractivity contribution in [2.24, 2.45) is 0 Å². The number of piperidine rings is 1. The molecule has 1 fully saturated rings. The Balaban J connectivity index is 1.78. The zero-order valence-corrected chi connectivity index (χ0v) is 13.3. The Morgan fingerprint density at radius 2 is 1.96 bits per heavy atom. The van der Waals surface area contributed by atoms with Crippen molar-refractivity contribution in [3.8, 4) is 22.8 Å². The number of benzene rings is 1. The van der Waals surface area contributed by atoms with Gasteiger partial charge in [-0.2, -0.15) is 0 Å². The standard InChI is InChI=1S/C17H20N2O4/c1-21-15-4-3-13(9-16(15)22-2)14-10-23-17(18-14)12-5-7-19(11-20)8-6-12/h3-4,9-12H,5-8H2,1-2H3. The molecule has 0 radical (unpaired) electrons. The van der Waals surface area contributed by atoms with Gasteiger partial charge in [0.05, 0.1) is 14.2 Å². The highest BCUT2D eigenvalue weighted by atomic mass is 16.5. The number of oxazole rings is 1. The fourth-order valence-electron chi connectivity index (χ4n) is 2.86. The van der Waals surface area contributed by atoms with E-state index in [1.807, 2.05) is 18.2 Å². The van der Waals surface area contributed by atoms with Crippen molar-refractivity contribution in [2.75, 3.05) is 27.3 Å². The summed E-state index contributed by atoms with van der Waals surface area (Å²) < 4.78 is 16.2. The molecule has 2 aromatic rings. The zero-order chi connectivity index (χ0) is 16.2. The lowest BCUT2D eigenvalue weighted by molar-refractivity contribution is -0.119. The quantitative estimate of drug-likeness (QED) is 0.794. The number of rotatable bonds is 5. The van der Waals surface area contributed by atoms with Gasteiger partial charge in [-0.25, -0.2) is 4.98 Å². The second-order valence-electron chi connectivity index (χ2n) is 5.56. The molecule has 1 aromatic heterocycles. The van der Waals surface area contributed by atoms with Gasteiger partial charge >= 0.3 is 0 Å². The van der Waals surface area contributed by atoms with Crippen LogP contribution in [0.3, 0.4) is 0 Å². The first-order chi connectivity index (χ1) is 11.2. The van der Waals surface area contributed by atoms with Gasteiger partial charge in [0.25, 0.3) is 0 Å². The minimum atomic E-state index is 0.264. The minimum Gasteiger partial charge on any atom is -0.493 e. The molecule has 0 aliphatic carbocycles. The van der Waals surface area contributed by atoms with Crippen LogP contribution < -0.4 is 9.47 Å². The maximum atomic E-state index is 10.8. The van der Waals surface area contributed by atoms with Gasteiger partial charge in [0, 0.05) is 24.6 Å². The van der Waals surface area contributed by atoms with Gasteiger partial charge in [-0.1, -0.05) is 0 Å². The monoisotopic (exact) mass is 316 g/mol. The number of carbonyl (C=O) groups excluding carboxylic acids is 1. The summed E-state index contributed by atoms with van der Waals surface area (Å²) in [5.41, 5.74) is 1.70. The predicted molar refractivity (Wildman–Crippen MR) is 84.7 cm³/mol. The van der Waals surface area contributed by atoms with Gasteiger partial charge in [0.2, 0.25) is 6.41 Å². The second kappa shape index (κ2) is 6.73. The second-order valence-corrected chi connectivity index (χ2v) is 5.56. The van der Waals surface area contributed by atoms with Gasteiger partial charge in [0.1, 0.15) is 12.0 Å². The van der Waals surface area contributed by atoms with Crippen LogP contribution in [-0.4, -0.2) is 43.6 Å². The normalized spacial score (nSPS) is 15.5. The van der Waals surface area contributed by atoms with Crippen LogP contribution in [0.15, 0.2) is 28.9 Å². The lowest BCUT2D eigenvalue weighted by Crippen LogP contribution is -2.31. The van der Waals surface area contributed by atoms with Crippen LogP contribution >= 0.6 is 0 Å². The van der Waals surface area contributed by atoms with E-state index < -0.39 is 0 Å². The molecule has 2 heterocycles. The lowest BCUT2D eigenvalue weighted by Gasteiger charge is -2.27. The van der Waals surface area contributed by atoms with E-state index in [4.69, 9.17) is 13.9 Å². The third-order valence-electron chi connectivity index (χ3n) is 4.23. The van der Waals surface area contributed by atoms with Crippen LogP contribution in [0.4, 0.5) is 0 Å². The van der Waals surface area contributed by atoms with Crippen LogP contribution in [0.2, 0.25) is 0 Å². The number of aromatic nitrogens is 1. The number of hydrogen-bond donors (Lipinski definition) is 0. The van der Waals surface area contributed by atoms with E-state index in [0.717, 1.165) is 49.5 Å². The van der Waals surface area contributed by atoms with Crippen molar-refractivity contribution < 1.29 is 18.7 Å². The van der Waals surface area contributed by atoms with Crippen molar-refractivity contribution in [1.29, 1.82) is 0 Å². The summed E-state index contributed by atoms with van der Waals surface area (Å²) in [5.74, 6) is 2.34. The molecule has 6 nitrogen and oxygen atoms in total. The van der Waals surface area contributed by atoms with Crippen LogP contribution in [0.1, 0.15) is 24.7 Å². The van der Waals surface area contributed by atoms with E-state index in [1.165, 1.54) is 0 Å². The van der Waals surface area contributed by atoms with Crippen molar-refractivity contribution in [2.45, 2.75) is 18.8 Å². The molecule has 1 saturated heterocycles. The number of carbonyl (C=O) groups is 1. The highest BCUT2D eigenvalue weighted by molar-refractivity contribution is 5.63. The molecule has 1 aliphatic heterocycles. The molecule has 0 N–H and O–H groups in total. The summed E-state index contributed by atoms with van der Waals surface area (Å²) in [7, 11) is 3.22. The summed E-state index contributed by atoms with van der Waals surface area (Å²) in [5, 5.41) is 0. The lowest BCUT2D eigenvalue weighted by atomic mass is 9.97. The Morgan fingerprint density at radius 1 is 1.22 bits per heavy atom. The van der Waals surface area contributed by atoms with Crippen LogP contribution in [-0.2, 0) is 4.79 Å². The Morgan fingerprint density at radius 3 is 2.61 bits per heavy atom. The van der Waals surface area contributed by atoms with E-state index >= 15 is 0 Å². The molecular formula is C17H20N2O4. The smallest absolute Gasteiger partial charge is 0.209 e. The predicted octanol–water partition coefficient (Wildman–Crippen LogP) is 2.69. The molecule has 23 heavy (non-hydrogen) atoms. The molecule has 0 saturated carbocycles. The Labute approximate surface area is 135 Å². The molecule has 122 valence electrons. The highest BCUT2D eigenvalue weighted by Crippen LogP contribution is 2.34. The first-order valence-electron chi connectivity index (χ1n) is 7.62. The van der Waals surface area contributed by atoms with Crippen molar-refractivity contribution in [3.05, 3.63) is 30.4 Å². The van der Waals surface area contributed by atoms with Crippen molar-refractivity contribution in [1.82, 2.24) is 9.88 Å². The molecule has 1 aliphatic rings. The molecule has 0 spiro atoms. The van der Waals surface area contributed by atoms with E-state index in [1.54, 1.807) is 25.4 Å². The molecule has 0 atom stereocenters. The third kappa shape index (κ3) is 3.16. The van der Waals surface area contributed by atoms with Crippen LogP contribution in [0, 0.1) is 0 Å². The maximum Gasteiger partial charge on any atom is 0.209 e. The number of nitrogens with zero attached hydrogens (tertiary/aromatic N) is 2. The zero-order valence-electron chi connectivity index (χ0n) is 13.3. The molecule has 1 amide bonds. The molecular weight excluding hydrogens is 296 g/mol. The van der Waals surface area contributed by atoms with Gasteiger partial charge in [-0.15, -0.1) is 0 Å². The van der Waals surface area contributed by atoms with E-state index in [0.29, 0.717) is 11.5 Å². The largest absolute Gasteiger partial charge is 0.493 e. The summed E-state index contributed by atoms with van der Waals surface area (Å²) in [6.07, 6.45) is 4.33. The van der Waals surface area contributed by atoms with E-state index in [9.17, 15) is 4.79 Å². The molecule has 6 heteroatoms. The van der Waals surface area contributed by atoms with Gasteiger partial charge in [-0.3, -0.25) is 4.79 Å². The van der Waals surface area contributed by atoms with Crippen LogP contribution in [0.5, 0.6) is 11.5 Å². The number of likely N-dealkylation sites (tertiary alicyclic amines) is 1. The number of ether oxygens (including phenoxy) is 2. The maximum absolute atomic E-state index is 10.8. The average molecular weight is 316 g/mol. The molecule has 3 rings (SSSR count). The Hall–Kier alpha value is -2.50. The molecule has 0 bridgehead atoms. The van der Waals surface area contributed by atoms with Gasteiger partial charge in [0.15, 0.2) is 17.4 Å². The minimum absolute atomic E-state index is 0.264. The SMILES string of the molecule is COc1ccc(-c2coc(C3CCN(C=O)CC3)n2)cc1OC. The van der Waals surface area contributed by atoms with E-state index in [2.05, 4.69) is 4.98 Å². The Bertz CT molecular complexity index is 675. The average Bonchev–Trinajstić information content (AvgIpc) is 3.11.